The largest absolute Gasteiger partial charge is 0.497 e. The minimum absolute atomic E-state index is 0.0286. The summed E-state index contributed by atoms with van der Waals surface area (Å²) in [5.74, 6) is 1.19. The molecule has 1 N–H and O–H groups in total. The summed E-state index contributed by atoms with van der Waals surface area (Å²) in [5, 5.41) is 13.4. The fourth-order valence-electron chi connectivity index (χ4n) is 2.91. The summed E-state index contributed by atoms with van der Waals surface area (Å²) in [5.41, 5.74) is 2.30. The van der Waals surface area contributed by atoms with Crippen molar-refractivity contribution in [3.05, 3.63) is 87.6 Å². The number of methoxy groups -OCH3 is 1. The smallest absolute Gasteiger partial charge is 0.289 e. The molecule has 1 saturated heterocycles. The van der Waals surface area contributed by atoms with Crippen molar-refractivity contribution in [2.75, 3.05) is 7.11 Å². The van der Waals surface area contributed by atoms with Crippen molar-refractivity contribution in [3.8, 4) is 11.4 Å². The van der Waals surface area contributed by atoms with E-state index in [2.05, 4.69) is 10.3 Å². The van der Waals surface area contributed by atoms with Crippen LogP contribution in [-0.2, 0) is 0 Å². The first-order chi connectivity index (χ1) is 14.5. The van der Waals surface area contributed by atoms with Gasteiger partial charge in [0, 0.05) is 29.7 Å². The van der Waals surface area contributed by atoms with E-state index < -0.39 is 4.92 Å². The Morgan fingerprint density at radius 3 is 2.53 bits per heavy atom. The van der Waals surface area contributed by atoms with Gasteiger partial charge in [0.15, 0.2) is 0 Å². The number of nitro benzene ring substituents is 1. The number of nitrogens with one attached hydrogen (secondary N) is 1. The molecule has 4 rings (SSSR count). The van der Waals surface area contributed by atoms with Crippen molar-refractivity contribution < 1.29 is 14.5 Å². The summed E-state index contributed by atoms with van der Waals surface area (Å²) < 4.78 is 7.03. The predicted octanol–water partition coefficient (Wildman–Crippen LogP) is 4.92. The summed E-state index contributed by atoms with van der Waals surface area (Å²) in [6.07, 6.45) is 3.70. The molecule has 0 atom stereocenters. The SMILES string of the molecule is COc1ccc(N=C2NC(=O)S/C2=C\c2cccn2-c2ccc([N+](=O)[O-])cc2)cc1. The van der Waals surface area contributed by atoms with Gasteiger partial charge in [-0.15, -0.1) is 0 Å². The molecule has 2 heterocycles. The zero-order chi connectivity index (χ0) is 21.1. The van der Waals surface area contributed by atoms with Crippen LogP contribution in [0.4, 0.5) is 16.2 Å². The number of thioether (sulfide) groups is 1. The second-order valence-corrected chi connectivity index (χ2v) is 7.27. The number of nitro groups is 1. The summed E-state index contributed by atoms with van der Waals surface area (Å²) in [7, 11) is 1.59. The van der Waals surface area contributed by atoms with Crippen molar-refractivity contribution >= 4 is 40.3 Å². The topological polar surface area (TPSA) is 98.8 Å². The van der Waals surface area contributed by atoms with Crippen LogP contribution in [0.15, 0.2) is 76.8 Å². The molecule has 150 valence electrons. The zero-order valence-corrected chi connectivity index (χ0v) is 16.6. The van der Waals surface area contributed by atoms with E-state index in [4.69, 9.17) is 4.74 Å². The van der Waals surface area contributed by atoms with E-state index in [1.807, 2.05) is 29.0 Å². The molecule has 1 fully saturated rings. The number of nitrogens with zero attached hydrogens (tertiary/aromatic N) is 3. The molecule has 0 unspecified atom stereocenters. The Hall–Kier alpha value is -3.85. The summed E-state index contributed by atoms with van der Waals surface area (Å²) in [6, 6.07) is 17.2. The van der Waals surface area contributed by atoms with E-state index in [0.29, 0.717) is 16.4 Å². The first-order valence-corrected chi connectivity index (χ1v) is 9.71. The summed E-state index contributed by atoms with van der Waals surface area (Å²) in [4.78, 5) is 27.6. The predicted molar refractivity (Wildman–Crippen MR) is 117 cm³/mol. The van der Waals surface area contributed by atoms with Crippen molar-refractivity contribution in [2.45, 2.75) is 0 Å². The third-order valence-electron chi connectivity index (χ3n) is 4.37. The van der Waals surface area contributed by atoms with Crippen LogP contribution in [0, 0.1) is 10.1 Å². The molecule has 3 aromatic rings. The lowest BCUT2D eigenvalue weighted by molar-refractivity contribution is -0.384. The fourth-order valence-corrected chi connectivity index (χ4v) is 3.64. The molecule has 30 heavy (non-hydrogen) atoms. The van der Waals surface area contributed by atoms with Gasteiger partial charge in [0.1, 0.15) is 11.6 Å². The van der Waals surface area contributed by atoms with E-state index >= 15 is 0 Å². The Balaban J connectivity index is 1.66. The second-order valence-electron chi connectivity index (χ2n) is 6.26. The third kappa shape index (κ3) is 4.11. The molecule has 0 spiro atoms. The van der Waals surface area contributed by atoms with Gasteiger partial charge in [-0.1, -0.05) is 0 Å². The fraction of sp³-hybridized carbons (Fsp3) is 0.0476. The van der Waals surface area contributed by atoms with Gasteiger partial charge in [-0.3, -0.25) is 14.9 Å². The van der Waals surface area contributed by atoms with Gasteiger partial charge in [-0.05, 0) is 66.4 Å². The molecule has 9 heteroatoms. The van der Waals surface area contributed by atoms with Gasteiger partial charge >= 0.3 is 0 Å². The summed E-state index contributed by atoms with van der Waals surface area (Å²) >= 11 is 1.06. The molecule has 1 aromatic heterocycles. The molecule has 0 bridgehead atoms. The lowest BCUT2D eigenvalue weighted by Gasteiger charge is -2.07. The minimum Gasteiger partial charge on any atom is -0.497 e. The van der Waals surface area contributed by atoms with Gasteiger partial charge < -0.3 is 14.6 Å². The van der Waals surface area contributed by atoms with E-state index in [1.54, 1.807) is 43.5 Å². The number of aromatic nitrogens is 1. The number of carbonyl (C=O) groups is 1. The highest BCUT2D eigenvalue weighted by Crippen LogP contribution is 2.30. The monoisotopic (exact) mass is 420 g/mol. The number of hydrogen-bond donors (Lipinski definition) is 1. The Labute approximate surface area is 176 Å². The number of aliphatic imine (C=N–C) groups is 1. The first kappa shape index (κ1) is 19.5. The standard InChI is InChI=1S/C21H16N4O4S/c1-29-18-10-4-14(5-11-18)22-20-19(30-21(26)23-20)13-17-3-2-12-24(17)15-6-8-16(9-7-15)25(27)28/h2-13H,1H3,(H,22,23,26)/b19-13-. The number of ether oxygens (including phenoxy) is 1. The zero-order valence-electron chi connectivity index (χ0n) is 15.8. The van der Waals surface area contributed by atoms with Crippen LogP contribution < -0.4 is 10.1 Å². The molecular weight excluding hydrogens is 404 g/mol. The van der Waals surface area contributed by atoms with Gasteiger partial charge in [0.2, 0.25) is 0 Å². The van der Waals surface area contributed by atoms with Gasteiger partial charge in [0.25, 0.3) is 10.9 Å². The molecular formula is C21H16N4O4S. The maximum atomic E-state index is 12.0. The van der Waals surface area contributed by atoms with Gasteiger partial charge in [0.05, 0.1) is 22.6 Å². The average Bonchev–Trinajstić information content (AvgIpc) is 3.35. The van der Waals surface area contributed by atoms with Crippen LogP contribution in [0.3, 0.4) is 0 Å². The lowest BCUT2D eigenvalue weighted by atomic mass is 10.2. The summed E-state index contributed by atoms with van der Waals surface area (Å²) in [6.45, 7) is 0. The van der Waals surface area contributed by atoms with E-state index in [0.717, 1.165) is 28.9 Å². The number of non-ortho nitro benzene ring substituents is 1. The Bertz CT molecular complexity index is 1160. The van der Waals surface area contributed by atoms with Crippen molar-refractivity contribution in [1.29, 1.82) is 0 Å². The van der Waals surface area contributed by atoms with E-state index in [-0.39, 0.29) is 10.9 Å². The molecule has 0 saturated carbocycles. The van der Waals surface area contributed by atoms with Crippen LogP contribution in [0.1, 0.15) is 5.69 Å². The van der Waals surface area contributed by atoms with Crippen molar-refractivity contribution in [3.63, 3.8) is 0 Å². The number of amides is 1. The average molecular weight is 420 g/mol. The van der Waals surface area contributed by atoms with E-state index in [9.17, 15) is 14.9 Å². The molecule has 1 amide bonds. The highest BCUT2D eigenvalue weighted by molar-refractivity contribution is 8.18. The van der Waals surface area contributed by atoms with Crippen LogP contribution in [0.5, 0.6) is 5.75 Å². The number of hydrogen-bond acceptors (Lipinski definition) is 6. The number of amidine groups is 1. The second kappa shape index (κ2) is 8.26. The Morgan fingerprint density at radius 2 is 1.87 bits per heavy atom. The maximum absolute atomic E-state index is 12.0. The van der Waals surface area contributed by atoms with Gasteiger partial charge in [-0.25, -0.2) is 4.99 Å². The molecule has 1 aliphatic heterocycles. The quantitative estimate of drug-likeness (QED) is 0.466. The van der Waals surface area contributed by atoms with Crippen molar-refractivity contribution in [2.24, 2.45) is 4.99 Å². The number of rotatable bonds is 5. The number of carbonyl (C=O) groups excluding carboxylic acids is 1. The van der Waals surface area contributed by atoms with Crippen LogP contribution in [0.2, 0.25) is 0 Å². The molecule has 0 aliphatic carbocycles. The van der Waals surface area contributed by atoms with E-state index in [1.165, 1.54) is 12.1 Å². The number of benzene rings is 2. The highest BCUT2D eigenvalue weighted by atomic mass is 32.2. The Kier molecular flexibility index (Phi) is 5.36. The molecule has 2 aromatic carbocycles. The first-order valence-electron chi connectivity index (χ1n) is 8.89. The Morgan fingerprint density at radius 1 is 1.13 bits per heavy atom. The molecule has 8 nitrogen and oxygen atoms in total. The van der Waals surface area contributed by atoms with Crippen molar-refractivity contribution in [1.82, 2.24) is 9.88 Å². The normalized spacial score (nSPS) is 16.1. The lowest BCUT2D eigenvalue weighted by Crippen LogP contribution is -2.18. The molecule has 0 radical (unpaired) electrons. The minimum atomic E-state index is -0.434. The van der Waals surface area contributed by atoms with Gasteiger partial charge in [-0.2, -0.15) is 0 Å². The highest BCUT2D eigenvalue weighted by Gasteiger charge is 2.24. The van der Waals surface area contributed by atoms with Crippen LogP contribution >= 0.6 is 11.8 Å². The maximum Gasteiger partial charge on any atom is 0.289 e. The van der Waals surface area contributed by atoms with Crippen LogP contribution in [-0.4, -0.2) is 27.7 Å². The molecule has 1 aliphatic rings. The third-order valence-corrected chi connectivity index (χ3v) is 5.19. The van der Waals surface area contributed by atoms with Crippen LogP contribution in [0.25, 0.3) is 11.8 Å².